The molecule has 0 spiro atoms. The molecule has 1 fully saturated rings. The second kappa shape index (κ2) is 3.73. The summed E-state index contributed by atoms with van der Waals surface area (Å²) in [5.74, 6) is -0.740. The number of hydrogen-bond donors (Lipinski definition) is 0. The minimum absolute atomic E-state index is 0.0605. The molecule has 0 bridgehead atoms. The van der Waals surface area contributed by atoms with Gasteiger partial charge in [0.2, 0.25) is 5.91 Å². The summed E-state index contributed by atoms with van der Waals surface area (Å²) in [6.07, 6.45) is -0.0605. The van der Waals surface area contributed by atoms with Crippen LogP contribution in [0.15, 0.2) is 22.7 Å². The van der Waals surface area contributed by atoms with Crippen molar-refractivity contribution in [2.75, 3.05) is 11.4 Å². The molecule has 78 valence electrons. The first-order valence-electron chi connectivity index (χ1n) is 4.35. The van der Waals surface area contributed by atoms with E-state index < -0.39 is 5.82 Å². The fraction of sp³-hybridized carbons (Fsp3) is 0.200. The van der Waals surface area contributed by atoms with Gasteiger partial charge in [0.15, 0.2) is 5.78 Å². The maximum atomic E-state index is 12.9. The van der Waals surface area contributed by atoms with E-state index in [0.29, 0.717) is 5.69 Å². The van der Waals surface area contributed by atoms with Crippen molar-refractivity contribution < 1.29 is 14.0 Å². The van der Waals surface area contributed by atoms with Crippen molar-refractivity contribution in [1.82, 2.24) is 0 Å². The number of halogens is 2. The van der Waals surface area contributed by atoms with Crippen LogP contribution in [0, 0.1) is 5.82 Å². The highest BCUT2D eigenvalue weighted by Gasteiger charge is 2.28. The normalized spacial score (nSPS) is 16.3. The van der Waals surface area contributed by atoms with E-state index in [1.54, 1.807) is 0 Å². The highest BCUT2D eigenvalue weighted by atomic mass is 79.9. The lowest BCUT2D eigenvalue weighted by molar-refractivity contribution is -0.121. The zero-order valence-electron chi connectivity index (χ0n) is 7.67. The van der Waals surface area contributed by atoms with E-state index in [1.807, 2.05) is 0 Å². The van der Waals surface area contributed by atoms with Gasteiger partial charge in [-0.3, -0.25) is 9.59 Å². The van der Waals surface area contributed by atoms with Crippen LogP contribution < -0.4 is 4.90 Å². The zero-order chi connectivity index (χ0) is 11.0. The summed E-state index contributed by atoms with van der Waals surface area (Å²) in [6, 6.07) is 4.23. The first-order valence-corrected chi connectivity index (χ1v) is 5.14. The zero-order valence-corrected chi connectivity index (χ0v) is 9.25. The largest absolute Gasteiger partial charge is 0.305 e. The Bertz CT molecular complexity index is 447. The van der Waals surface area contributed by atoms with Gasteiger partial charge in [0.1, 0.15) is 5.82 Å². The molecule has 3 nitrogen and oxygen atoms in total. The number of nitrogens with zero attached hydrogens (tertiary/aromatic N) is 1. The molecular formula is C10H7BrFNO2. The van der Waals surface area contributed by atoms with E-state index in [-0.39, 0.29) is 29.1 Å². The Balaban J connectivity index is 2.34. The van der Waals surface area contributed by atoms with Crippen molar-refractivity contribution in [3.05, 3.63) is 28.5 Å². The minimum atomic E-state index is -0.392. The third-order valence-electron chi connectivity index (χ3n) is 2.20. The van der Waals surface area contributed by atoms with Gasteiger partial charge in [-0.25, -0.2) is 4.39 Å². The van der Waals surface area contributed by atoms with Gasteiger partial charge in [-0.2, -0.15) is 0 Å². The van der Waals surface area contributed by atoms with Gasteiger partial charge in [0, 0.05) is 5.69 Å². The summed E-state index contributed by atoms with van der Waals surface area (Å²) in [6.45, 7) is 0.0803. The van der Waals surface area contributed by atoms with Crippen molar-refractivity contribution in [3.63, 3.8) is 0 Å². The Kier molecular flexibility index (Phi) is 2.56. The molecule has 5 heteroatoms. The molecule has 1 aliphatic heterocycles. The number of amides is 1. The maximum absolute atomic E-state index is 12.9. The van der Waals surface area contributed by atoms with Crippen LogP contribution in [-0.2, 0) is 9.59 Å². The van der Waals surface area contributed by atoms with Crippen LogP contribution in [0.3, 0.4) is 0 Å². The summed E-state index contributed by atoms with van der Waals surface area (Å²) < 4.78 is 13.2. The predicted octanol–water partition coefficient (Wildman–Crippen LogP) is 1.89. The molecule has 0 saturated carbocycles. The molecule has 0 N–H and O–H groups in total. The average Bonchev–Trinajstić information content (AvgIpc) is 2.50. The van der Waals surface area contributed by atoms with Crippen molar-refractivity contribution in [2.45, 2.75) is 6.42 Å². The monoisotopic (exact) mass is 271 g/mol. The van der Waals surface area contributed by atoms with Crippen LogP contribution in [0.25, 0.3) is 0 Å². The molecule has 0 unspecified atom stereocenters. The lowest BCUT2D eigenvalue weighted by Gasteiger charge is -2.14. The van der Waals surface area contributed by atoms with Crippen molar-refractivity contribution in [3.8, 4) is 0 Å². The summed E-state index contributed by atoms with van der Waals surface area (Å²) in [4.78, 5) is 23.8. The number of ketones is 1. The molecule has 1 aromatic carbocycles. The molecule has 0 atom stereocenters. The molecule has 1 aliphatic rings. The Labute approximate surface area is 94.0 Å². The number of anilines is 1. The summed E-state index contributed by atoms with van der Waals surface area (Å²) in [7, 11) is 0. The van der Waals surface area contributed by atoms with Gasteiger partial charge in [-0.05, 0) is 34.1 Å². The summed E-state index contributed by atoms with van der Waals surface area (Å²) >= 11 is 3.03. The number of benzene rings is 1. The Morgan fingerprint density at radius 2 is 2.07 bits per heavy atom. The number of rotatable bonds is 1. The lowest BCUT2D eigenvalue weighted by atomic mass is 10.3. The first kappa shape index (κ1) is 10.3. The minimum Gasteiger partial charge on any atom is -0.305 e. The molecule has 0 radical (unpaired) electrons. The van der Waals surface area contributed by atoms with Crippen LogP contribution in [0.1, 0.15) is 6.42 Å². The van der Waals surface area contributed by atoms with Crippen LogP contribution in [0.5, 0.6) is 0 Å². The fourth-order valence-corrected chi connectivity index (χ4v) is 1.84. The molecule has 0 aliphatic carbocycles. The van der Waals surface area contributed by atoms with E-state index in [0.717, 1.165) is 0 Å². The highest BCUT2D eigenvalue weighted by molar-refractivity contribution is 9.10. The van der Waals surface area contributed by atoms with E-state index >= 15 is 0 Å². The van der Waals surface area contributed by atoms with Crippen molar-refractivity contribution in [1.29, 1.82) is 0 Å². The maximum Gasteiger partial charge on any atom is 0.234 e. The van der Waals surface area contributed by atoms with Gasteiger partial charge >= 0.3 is 0 Å². The SMILES string of the molecule is O=C1CC(=O)N(c2ccc(F)c(Br)c2)C1. The fourth-order valence-electron chi connectivity index (χ4n) is 1.47. The van der Waals surface area contributed by atoms with Gasteiger partial charge < -0.3 is 4.90 Å². The second-order valence-corrected chi connectivity index (χ2v) is 4.15. The van der Waals surface area contributed by atoms with E-state index in [9.17, 15) is 14.0 Å². The van der Waals surface area contributed by atoms with Gasteiger partial charge in [0.25, 0.3) is 0 Å². The lowest BCUT2D eigenvalue weighted by Crippen LogP contribution is -2.24. The molecule has 1 heterocycles. The Morgan fingerprint density at radius 3 is 2.60 bits per heavy atom. The van der Waals surface area contributed by atoms with Crippen LogP contribution in [-0.4, -0.2) is 18.2 Å². The standard InChI is InChI=1S/C10H7BrFNO2/c11-8-3-6(1-2-9(8)12)13-5-7(14)4-10(13)15/h1-3H,4-5H2. The first-order chi connectivity index (χ1) is 7.08. The number of carbonyl (C=O) groups excluding carboxylic acids is 2. The summed E-state index contributed by atoms with van der Waals surface area (Å²) in [5, 5.41) is 0. The van der Waals surface area contributed by atoms with E-state index in [1.165, 1.54) is 23.1 Å². The average molecular weight is 272 g/mol. The van der Waals surface area contributed by atoms with Crippen LogP contribution in [0.4, 0.5) is 10.1 Å². The van der Waals surface area contributed by atoms with Crippen LogP contribution >= 0.6 is 15.9 Å². The third kappa shape index (κ3) is 1.92. The topological polar surface area (TPSA) is 37.4 Å². The Hall–Kier alpha value is -1.23. The molecule has 1 saturated heterocycles. The molecule has 1 aromatic rings. The van der Waals surface area contributed by atoms with E-state index in [4.69, 9.17) is 0 Å². The number of carbonyl (C=O) groups is 2. The van der Waals surface area contributed by atoms with E-state index in [2.05, 4.69) is 15.9 Å². The summed E-state index contributed by atoms with van der Waals surface area (Å²) in [5.41, 5.74) is 0.541. The molecule has 15 heavy (non-hydrogen) atoms. The smallest absolute Gasteiger partial charge is 0.234 e. The number of hydrogen-bond acceptors (Lipinski definition) is 2. The number of Topliss-reactive ketones (excluding diaryl/α,β-unsaturated/α-hetero) is 1. The van der Waals surface area contributed by atoms with Gasteiger partial charge in [-0.1, -0.05) is 0 Å². The van der Waals surface area contributed by atoms with Gasteiger partial charge in [0.05, 0.1) is 17.4 Å². The predicted molar refractivity (Wildman–Crippen MR) is 56.1 cm³/mol. The molecule has 1 amide bonds. The van der Waals surface area contributed by atoms with Crippen LogP contribution in [0.2, 0.25) is 0 Å². The Morgan fingerprint density at radius 1 is 1.33 bits per heavy atom. The molecule has 0 aromatic heterocycles. The highest BCUT2D eigenvalue weighted by Crippen LogP contribution is 2.25. The quantitative estimate of drug-likeness (QED) is 0.732. The second-order valence-electron chi connectivity index (χ2n) is 3.29. The van der Waals surface area contributed by atoms with Crippen molar-refractivity contribution in [2.24, 2.45) is 0 Å². The molecule has 2 rings (SSSR count). The van der Waals surface area contributed by atoms with Gasteiger partial charge in [-0.15, -0.1) is 0 Å². The third-order valence-corrected chi connectivity index (χ3v) is 2.81. The molecular weight excluding hydrogens is 265 g/mol. The van der Waals surface area contributed by atoms with Crippen molar-refractivity contribution >= 4 is 33.3 Å².